The molecular formula is C13H13N3OS. The average Bonchev–Trinajstić information content (AvgIpc) is 2.38. The van der Waals surface area contributed by atoms with Gasteiger partial charge in [-0.1, -0.05) is 41.6 Å². The van der Waals surface area contributed by atoms with Crippen LogP contribution in [-0.2, 0) is 4.79 Å². The number of benzene rings is 1. The van der Waals surface area contributed by atoms with Crippen molar-refractivity contribution in [3.05, 3.63) is 42.0 Å². The lowest BCUT2D eigenvalue weighted by Crippen LogP contribution is -2.13. The van der Waals surface area contributed by atoms with E-state index in [-0.39, 0.29) is 11.7 Å². The van der Waals surface area contributed by atoms with Gasteiger partial charge < -0.3 is 5.73 Å². The molecule has 0 radical (unpaired) electrons. The summed E-state index contributed by atoms with van der Waals surface area (Å²) in [4.78, 5) is 10.6. The molecule has 0 spiro atoms. The summed E-state index contributed by atoms with van der Waals surface area (Å²) in [5.74, 6) is -0.136. The van der Waals surface area contributed by atoms with Crippen molar-refractivity contribution >= 4 is 17.7 Å². The van der Waals surface area contributed by atoms with E-state index in [2.05, 4.69) is 10.2 Å². The molecule has 0 atom stereocenters. The first kappa shape index (κ1) is 12.6. The molecule has 2 aromatic rings. The van der Waals surface area contributed by atoms with E-state index < -0.39 is 0 Å². The van der Waals surface area contributed by atoms with Crippen molar-refractivity contribution in [3.63, 3.8) is 0 Å². The van der Waals surface area contributed by atoms with Gasteiger partial charge in [0, 0.05) is 5.56 Å². The van der Waals surface area contributed by atoms with E-state index in [1.807, 2.05) is 43.3 Å². The smallest absolute Gasteiger partial charge is 0.227 e. The highest BCUT2D eigenvalue weighted by Crippen LogP contribution is 2.19. The van der Waals surface area contributed by atoms with E-state index in [9.17, 15) is 4.79 Å². The van der Waals surface area contributed by atoms with E-state index in [1.165, 1.54) is 17.3 Å². The van der Waals surface area contributed by atoms with Crippen LogP contribution in [0.15, 0.2) is 41.4 Å². The first-order chi connectivity index (χ1) is 8.65. The number of rotatable bonds is 4. The van der Waals surface area contributed by atoms with Crippen LogP contribution in [0.2, 0.25) is 0 Å². The van der Waals surface area contributed by atoms with Gasteiger partial charge in [0.15, 0.2) is 0 Å². The zero-order valence-electron chi connectivity index (χ0n) is 9.96. The van der Waals surface area contributed by atoms with Crippen molar-refractivity contribution in [1.82, 2.24) is 10.2 Å². The minimum atomic E-state index is -0.357. The molecule has 0 aliphatic rings. The number of carbonyl (C=O) groups is 1. The lowest BCUT2D eigenvalue weighted by atomic mass is 10.1. The molecule has 0 bridgehead atoms. The third kappa shape index (κ3) is 3.30. The molecule has 0 aliphatic carbocycles. The van der Waals surface area contributed by atoms with Crippen molar-refractivity contribution in [2.45, 2.75) is 11.9 Å². The van der Waals surface area contributed by atoms with Crippen LogP contribution >= 0.6 is 11.8 Å². The molecule has 1 aromatic carbocycles. The predicted octanol–water partition coefficient (Wildman–Crippen LogP) is 2.03. The normalized spacial score (nSPS) is 10.3. The summed E-state index contributed by atoms with van der Waals surface area (Å²) in [7, 11) is 0. The fourth-order valence-corrected chi connectivity index (χ4v) is 1.97. The molecule has 5 heteroatoms. The van der Waals surface area contributed by atoms with E-state index in [0.29, 0.717) is 5.03 Å². The van der Waals surface area contributed by atoms with Crippen LogP contribution < -0.4 is 5.73 Å². The Balaban J connectivity index is 2.12. The number of aromatic nitrogens is 2. The van der Waals surface area contributed by atoms with E-state index >= 15 is 0 Å². The Hall–Kier alpha value is -1.88. The Morgan fingerprint density at radius 3 is 2.44 bits per heavy atom. The molecule has 0 fully saturated rings. The topological polar surface area (TPSA) is 68.9 Å². The molecule has 0 aliphatic heterocycles. The number of hydrogen-bond acceptors (Lipinski definition) is 4. The molecule has 0 unspecified atom stereocenters. The van der Waals surface area contributed by atoms with Gasteiger partial charge in [0.1, 0.15) is 5.03 Å². The van der Waals surface area contributed by atoms with Gasteiger partial charge in [0.05, 0.1) is 11.4 Å². The number of carbonyl (C=O) groups excluding carboxylic acids is 1. The first-order valence-corrected chi connectivity index (χ1v) is 6.45. The second kappa shape index (κ2) is 5.64. The Morgan fingerprint density at radius 1 is 1.17 bits per heavy atom. The molecule has 2 N–H and O–H groups in total. The summed E-state index contributed by atoms with van der Waals surface area (Å²) in [6.07, 6.45) is 0. The maximum atomic E-state index is 10.6. The van der Waals surface area contributed by atoms with Gasteiger partial charge in [-0.2, -0.15) is 0 Å². The second-order valence-corrected chi connectivity index (χ2v) is 4.87. The fraction of sp³-hybridized carbons (Fsp3) is 0.154. The van der Waals surface area contributed by atoms with Gasteiger partial charge in [0.25, 0.3) is 0 Å². The molecule has 1 heterocycles. The Bertz CT molecular complexity index is 537. The second-order valence-electron chi connectivity index (χ2n) is 3.88. The lowest BCUT2D eigenvalue weighted by molar-refractivity contribution is -0.115. The van der Waals surface area contributed by atoms with Gasteiger partial charge >= 0.3 is 0 Å². The lowest BCUT2D eigenvalue weighted by Gasteiger charge is -2.02. The molecule has 4 nitrogen and oxygen atoms in total. The molecular weight excluding hydrogens is 246 g/mol. The molecule has 0 saturated carbocycles. The van der Waals surface area contributed by atoms with Crippen LogP contribution in [0.3, 0.4) is 0 Å². The van der Waals surface area contributed by atoms with Crippen molar-refractivity contribution in [2.24, 2.45) is 5.73 Å². The standard InChI is InChI=1S/C13H13N3OS/c1-9-2-4-10(5-3-9)11-6-7-13(16-15-11)18-8-12(14)17/h2-7H,8H2,1H3,(H2,14,17). The van der Waals surface area contributed by atoms with Crippen LogP contribution in [0.4, 0.5) is 0 Å². The van der Waals surface area contributed by atoms with Crippen molar-refractivity contribution < 1.29 is 4.79 Å². The van der Waals surface area contributed by atoms with Gasteiger partial charge in [-0.15, -0.1) is 10.2 Å². The zero-order chi connectivity index (χ0) is 13.0. The fourth-order valence-electron chi connectivity index (χ4n) is 1.42. The van der Waals surface area contributed by atoms with Crippen LogP contribution in [-0.4, -0.2) is 21.9 Å². The summed E-state index contributed by atoms with van der Waals surface area (Å²) in [5.41, 5.74) is 8.12. The maximum absolute atomic E-state index is 10.6. The minimum Gasteiger partial charge on any atom is -0.369 e. The summed E-state index contributed by atoms with van der Waals surface area (Å²) in [6, 6.07) is 11.8. The summed E-state index contributed by atoms with van der Waals surface area (Å²) >= 11 is 1.29. The van der Waals surface area contributed by atoms with Crippen LogP contribution in [0, 0.1) is 6.92 Å². The van der Waals surface area contributed by atoms with Crippen LogP contribution in [0.5, 0.6) is 0 Å². The Morgan fingerprint density at radius 2 is 1.89 bits per heavy atom. The van der Waals surface area contributed by atoms with Crippen LogP contribution in [0.25, 0.3) is 11.3 Å². The van der Waals surface area contributed by atoms with Gasteiger partial charge in [-0.25, -0.2) is 0 Å². The van der Waals surface area contributed by atoms with Crippen molar-refractivity contribution in [3.8, 4) is 11.3 Å². The molecule has 18 heavy (non-hydrogen) atoms. The number of nitrogens with two attached hydrogens (primary N) is 1. The number of thioether (sulfide) groups is 1. The third-order valence-corrected chi connectivity index (χ3v) is 3.29. The molecule has 1 aromatic heterocycles. The van der Waals surface area contributed by atoms with Crippen molar-refractivity contribution in [1.29, 1.82) is 0 Å². The molecule has 92 valence electrons. The highest BCUT2D eigenvalue weighted by molar-refractivity contribution is 7.99. The van der Waals surface area contributed by atoms with E-state index in [1.54, 1.807) is 0 Å². The average molecular weight is 259 g/mol. The van der Waals surface area contributed by atoms with Gasteiger partial charge in [-0.05, 0) is 19.1 Å². The van der Waals surface area contributed by atoms with Gasteiger partial charge in [-0.3, -0.25) is 4.79 Å². The predicted molar refractivity (Wildman–Crippen MR) is 72.1 cm³/mol. The molecule has 1 amide bonds. The van der Waals surface area contributed by atoms with Gasteiger partial charge in [0.2, 0.25) is 5.91 Å². The van der Waals surface area contributed by atoms with Crippen molar-refractivity contribution in [2.75, 3.05) is 5.75 Å². The number of hydrogen-bond donors (Lipinski definition) is 1. The highest BCUT2D eigenvalue weighted by Gasteiger charge is 2.03. The zero-order valence-corrected chi connectivity index (χ0v) is 10.8. The monoisotopic (exact) mass is 259 g/mol. The SMILES string of the molecule is Cc1ccc(-c2ccc(SCC(N)=O)nn2)cc1. The summed E-state index contributed by atoms with van der Waals surface area (Å²) < 4.78 is 0. The highest BCUT2D eigenvalue weighted by atomic mass is 32.2. The third-order valence-electron chi connectivity index (χ3n) is 2.35. The molecule has 2 rings (SSSR count). The summed E-state index contributed by atoms with van der Waals surface area (Å²) in [6.45, 7) is 2.04. The Kier molecular flexibility index (Phi) is 3.94. The number of nitrogens with zero attached hydrogens (tertiary/aromatic N) is 2. The summed E-state index contributed by atoms with van der Waals surface area (Å²) in [5, 5.41) is 8.89. The van der Waals surface area contributed by atoms with E-state index in [4.69, 9.17) is 5.73 Å². The first-order valence-electron chi connectivity index (χ1n) is 5.47. The largest absolute Gasteiger partial charge is 0.369 e. The number of primary amides is 1. The van der Waals surface area contributed by atoms with E-state index in [0.717, 1.165) is 11.3 Å². The number of aryl methyl sites for hydroxylation is 1. The Labute approximate surface area is 110 Å². The number of amides is 1. The quantitative estimate of drug-likeness (QED) is 0.853. The van der Waals surface area contributed by atoms with Crippen LogP contribution in [0.1, 0.15) is 5.56 Å². The molecule has 0 saturated heterocycles. The minimum absolute atomic E-state index is 0.221. The maximum Gasteiger partial charge on any atom is 0.227 e.